The van der Waals surface area contributed by atoms with E-state index in [4.69, 9.17) is 22.9 Å². The lowest BCUT2D eigenvalue weighted by Gasteiger charge is -2.29. The molecule has 0 aliphatic heterocycles. The van der Waals surface area contributed by atoms with Crippen LogP contribution in [0.15, 0.2) is 115 Å². The van der Waals surface area contributed by atoms with E-state index in [-0.39, 0.29) is 86.5 Å². The Balaban J connectivity index is 1.65. The molecule has 0 saturated heterocycles. The van der Waals surface area contributed by atoms with Crippen LogP contribution in [0.1, 0.15) is 102 Å². The lowest BCUT2D eigenvalue weighted by molar-refractivity contribution is -0.141. The summed E-state index contributed by atoms with van der Waals surface area (Å²) < 4.78 is 0. The molecule has 30 nitrogen and oxygen atoms in total. The number of thioether (sulfide) groups is 1. The standard InChI is InChI=1S/C69H94N14O16S/c1-39(2)32-55(69(99)100-31-30-74-41(5)84)82-61(91)48(22-15-29-70)76-68(98)59(40(3)4)83-67(97)52(36-45-23-25-46(85)26-24-45)78-62(92)49(27-28-56(72)86)75-65(95)53(37-57(73)87)81-64(94)51(35-44-20-13-8-14-21-44)79-63(93)50(34-43-18-11-7-12-19-43)80-66(96)54(38-58(88)89)77-60(90)47(71)33-42-16-9-6-10-17-42/h6-14,16-21,23-26,39-40,47-55,59,85H,15,22,27-38,70-71H2,1-5H3,(H2,72,86)(H2,73,87)(H,74,84)(H,75,95)(H,76,98)(H,77,90)(H,78,92)(H,79,93)(H,80,96)(H,81,94)(H,82,91)(H,83,97)(H,88,89)/t47-,48+,49+,50+,51-,52+,53+,54+,55+,59+/m1/s1. The second kappa shape index (κ2) is 42.5. The van der Waals surface area contributed by atoms with Gasteiger partial charge >= 0.3 is 5.97 Å². The number of nitrogens with one attached hydrogen (secondary N) is 10. The second-order valence-corrected chi connectivity index (χ2v) is 25.8. The molecular formula is C69H94N14O16S. The average Bonchev–Trinajstić information content (AvgIpc) is 0.857. The first-order valence-electron chi connectivity index (χ1n) is 32.7. The summed E-state index contributed by atoms with van der Waals surface area (Å²) in [5.41, 5.74) is 25.2. The van der Waals surface area contributed by atoms with Crippen molar-refractivity contribution in [2.45, 2.75) is 166 Å². The number of hydrogen-bond donors (Lipinski definition) is 16. The number of phenolic OH excluding ortho intramolecular Hbond substituents is 1. The minimum absolute atomic E-state index is 0.0189. The first-order valence-corrected chi connectivity index (χ1v) is 33.7. The predicted octanol–water partition coefficient (Wildman–Crippen LogP) is -1.19. The van der Waals surface area contributed by atoms with Crippen LogP contribution in [0.3, 0.4) is 0 Å². The molecule has 20 N–H and O–H groups in total. The van der Waals surface area contributed by atoms with Gasteiger partial charge < -0.3 is 86.3 Å². The number of aromatic hydroxyl groups is 1. The van der Waals surface area contributed by atoms with Gasteiger partial charge in [-0.3, -0.25) is 67.1 Å². The third-order valence-electron chi connectivity index (χ3n) is 15.4. The maximum atomic E-state index is 14.7. The topological polar surface area (TPSA) is 504 Å². The van der Waals surface area contributed by atoms with Crippen LogP contribution in [0.4, 0.5) is 0 Å². The van der Waals surface area contributed by atoms with Crippen molar-refractivity contribution in [3.05, 3.63) is 138 Å². The summed E-state index contributed by atoms with van der Waals surface area (Å²) in [5, 5.41) is 45.2. The van der Waals surface area contributed by atoms with Crippen LogP contribution in [-0.2, 0) is 92.8 Å². The summed E-state index contributed by atoms with van der Waals surface area (Å²) in [6, 6.07) is 15.3. The molecule has 0 aliphatic rings. The summed E-state index contributed by atoms with van der Waals surface area (Å²) in [6.07, 6.45) is -3.31. The van der Waals surface area contributed by atoms with Crippen LogP contribution in [0.2, 0.25) is 0 Å². The SMILES string of the molecule is CC(=O)NCCSC(=O)[C@H](CC(C)C)NC(=O)[C@H](CCCN)NC(=O)[C@@H](NC(=O)[C@H](Cc1ccc(O)cc1)NC(=O)[C@H](CCC(N)=O)NC(=O)[C@H](CC(N)=O)NC(=O)[C@@H](Cc1ccccc1)NC(=O)[C@H](Cc1ccccc1)NC(=O)[C@H](CC(=O)O)NC(=O)[C@H](N)Cc1ccccc1)C(C)C. The number of carbonyl (C=O) groups excluding carboxylic acids is 13. The first kappa shape index (κ1) is 82.2. The molecule has 542 valence electrons. The largest absolute Gasteiger partial charge is 0.508 e. The number of carboxylic acid groups (broad SMARTS) is 1. The van der Waals surface area contributed by atoms with Crippen molar-refractivity contribution in [3.63, 3.8) is 0 Å². The number of rotatable bonds is 43. The van der Waals surface area contributed by atoms with Gasteiger partial charge in [0.15, 0.2) is 0 Å². The van der Waals surface area contributed by atoms with E-state index in [1.165, 1.54) is 31.2 Å². The maximum absolute atomic E-state index is 14.7. The zero-order valence-electron chi connectivity index (χ0n) is 56.6. The van der Waals surface area contributed by atoms with Crippen LogP contribution < -0.4 is 76.1 Å². The second-order valence-electron chi connectivity index (χ2n) is 24.8. The Hall–Kier alpha value is -10.3. The van der Waals surface area contributed by atoms with Crippen molar-refractivity contribution in [2.75, 3.05) is 18.8 Å². The van der Waals surface area contributed by atoms with Crippen molar-refractivity contribution < 1.29 is 77.3 Å². The van der Waals surface area contributed by atoms with Gasteiger partial charge in [-0.1, -0.05) is 143 Å². The summed E-state index contributed by atoms with van der Waals surface area (Å²) in [7, 11) is 0. The van der Waals surface area contributed by atoms with Gasteiger partial charge in [-0.15, -0.1) is 0 Å². The van der Waals surface area contributed by atoms with Gasteiger partial charge in [0.25, 0.3) is 0 Å². The molecule has 0 bridgehead atoms. The molecule has 4 aromatic rings. The summed E-state index contributed by atoms with van der Waals surface area (Å²) >= 11 is 0.919. The summed E-state index contributed by atoms with van der Waals surface area (Å²) in [4.78, 5) is 191. The number of primary amides is 2. The van der Waals surface area contributed by atoms with Gasteiger partial charge in [-0.05, 0) is 84.9 Å². The fourth-order valence-electron chi connectivity index (χ4n) is 10.2. The first-order chi connectivity index (χ1) is 47.4. The van der Waals surface area contributed by atoms with E-state index in [9.17, 15) is 77.3 Å². The van der Waals surface area contributed by atoms with Gasteiger partial charge in [-0.25, -0.2) is 0 Å². The number of amides is 12. The van der Waals surface area contributed by atoms with Crippen molar-refractivity contribution in [3.8, 4) is 5.75 Å². The number of phenols is 1. The molecule has 4 rings (SSSR count). The Morgan fingerprint density at radius 3 is 1.28 bits per heavy atom. The lowest BCUT2D eigenvalue weighted by atomic mass is 9.99. The van der Waals surface area contributed by atoms with Crippen LogP contribution >= 0.6 is 11.8 Å². The Kier molecular flexibility index (Phi) is 34.9. The normalized spacial score (nSPS) is 14.1. The highest BCUT2D eigenvalue weighted by atomic mass is 32.2. The maximum Gasteiger partial charge on any atom is 0.305 e. The molecule has 10 atom stereocenters. The Morgan fingerprint density at radius 1 is 0.450 bits per heavy atom. The van der Waals surface area contributed by atoms with Gasteiger partial charge in [0.1, 0.15) is 54.1 Å². The molecule has 31 heteroatoms. The molecule has 0 fully saturated rings. The molecule has 0 aliphatic carbocycles. The smallest absolute Gasteiger partial charge is 0.305 e. The molecule has 0 aromatic heterocycles. The number of aliphatic carboxylic acids is 1. The third-order valence-corrected chi connectivity index (χ3v) is 16.4. The molecule has 0 radical (unpaired) electrons. The van der Waals surface area contributed by atoms with E-state index in [1.807, 2.05) is 13.8 Å². The molecule has 12 amide bonds. The molecule has 100 heavy (non-hydrogen) atoms. The van der Waals surface area contributed by atoms with Crippen LogP contribution in [0, 0.1) is 11.8 Å². The van der Waals surface area contributed by atoms with Crippen LogP contribution in [-0.4, -0.2) is 171 Å². The highest BCUT2D eigenvalue weighted by molar-refractivity contribution is 8.13. The molecule has 0 saturated carbocycles. The number of benzene rings is 4. The molecule has 0 unspecified atom stereocenters. The van der Waals surface area contributed by atoms with Crippen molar-refractivity contribution in [2.24, 2.45) is 34.8 Å². The highest BCUT2D eigenvalue weighted by Gasteiger charge is 2.38. The molecule has 4 aromatic carbocycles. The predicted molar refractivity (Wildman–Crippen MR) is 371 cm³/mol. The summed E-state index contributed by atoms with van der Waals surface area (Å²) in [6.45, 7) is 8.55. The van der Waals surface area contributed by atoms with Gasteiger partial charge in [0.2, 0.25) is 76.0 Å². The van der Waals surface area contributed by atoms with E-state index in [0.29, 0.717) is 22.3 Å². The Bertz CT molecular complexity index is 3430. The Labute approximate surface area is 584 Å². The van der Waals surface area contributed by atoms with E-state index in [0.717, 1.165) is 11.8 Å². The lowest BCUT2D eigenvalue weighted by Crippen LogP contribution is -2.61. The van der Waals surface area contributed by atoms with E-state index in [1.54, 1.807) is 105 Å². The zero-order chi connectivity index (χ0) is 74.0. The number of hydrogen-bond acceptors (Lipinski definition) is 18. The number of carboxylic acids is 1. The summed E-state index contributed by atoms with van der Waals surface area (Å²) in [5.74, 6) is -13.5. The number of nitrogens with two attached hydrogens (primary N) is 4. The minimum atomic E-state index is -1.93. The molecule has 0 spiro atoms. The van der Waals surface area contributed by atoms with Crippen molar-refractivity contribution >= 4 is 93.7 Å². The van der Waals surface area contributed by atoms with Gasteiger partial charge in [0, 0.05) is 44.9 Å². The molecule has 0 heterocycles. The quantitative estimate of drug-likeness (QED) is 0.0232. The van der Waals surface area contributed by atoms with Gasteiger partial charge in [-0.2, -0.15) is 0 Å². The van der Waals surface area contributed by atoms with Crippen molar-refractivity contribution in [1.29, 1.82) is 0 Å². The van der Waals surface area contributed by atoms with Crippen molar-refractivity contribution in [1.82, 2.24) is 53.2 Å². The van der Waals surface area contributed by atoms with Gasteiger partial charge in [0.05, 0.1) is 24.9 Å². The number of carbonyl (C=O) groups is 14. The van der Waals surface area contributed by atoms with E-state index in [2.05, 4.69) is 53.2 Å². The average molecular weight is 1410 g/mol. The van der Waals surface area contributed by atoms with E-state index >= 15 is 0 Å². The van der Waals surface area contributed by atoms with Crippen LogP contribution in [0.5, 0.6) is 5.75 Å². The van der Waals surface area contributed by atoms with E-state index < -0.39 is 163 Å². The zero-order valence-corrected chi connectivity index (χ0v) is 57.4. The fraction of sp³-hybridized carbons (Fsp3) is 0.449. The third kappa shape index (κ3) is 30.2. The fourth-order valence-corrected chi connectivity index (χ4v) is 11.0. The monoisotopic (exact) mass is 1410 g/mol. The Morgan fingerprint density at radius 2 is 0.840 bits per heavy atom. The minimum Gasteiger partial charge on any atom is -0.508 e. The molecular weight excluding hydrogens is 1310 g/mol. The highest BCUT2D eigenvalue weighted by Crippen LogP contribution is 2.17. The van der Waals surface area contributed by atoms with Crippen LogP contribution in [0.25, 0.3) is 0 Å².